The highest BCUT2D eigenvalue weighted by Gasteiger charge is 2.53. The van der Waals surface area contributed by atoms with Crippen LogP contribution in [0.15, 0.2) is 243 Å². The van der Waals surface area contributed by atoms with Gasteiger partial charge in [-0.05, 0) is 144 Å². The standard InChI is InChI=1S/C68H46N2/c1-67(2)56-25-12-8-21-50(56)51-38-37-48(42-61(51)67)69(47-35-31-43(32-36-47)45-34-40-63-55(41-45)52-22-11-15-29-62(52)70(63)46-18-4-3-5-19-46)64-30-16-28-59-66(64)54-24-10-14-27-58(54)68(59)57-26-13-9-23-53(57)65-49-20-7-6-17-44(49)33-39-60(65)68/h3-42H,1-2H3. The summed E-state index contributed by atoms with van der Waals surface area (Å²) in [6.07, 6.45) is 0. The molecule has 3 aliphatic carbocycles. The maximum absolute atomic E-state index is 2.54. The number of aromatic nitrogens is 1. The summed E-state index contributed by atoms with van der Waals surface area (Å²) in [5.41, 5.74) is 24.7. The summed E-state index contributed by atoms with van der Waals surface area (Å²) in [5, 5.41) is 5.07. The lowest BCUT2D eigenvalue weighted by Crippen LogP contribution is -2.26. The van der Waals surface area contributed by atoms with Gasteiger partial charge < -0.3 is 9.47 Å². The number of hydrogen-bond acceptors (Lipinski definition) is 1. The van der Waals surface area contributed by atoms with Gasteiger partial charge in [-0.3, -0.25) is 0 Å². The molecule has 12 aromatic rings. The Morgan fingerprint density at radius 3 is 1.73 bits per heavy atom. The lowest BCUT2D eigenvalue weighted by atomic mass is 9.70. The van der Waals surface area contributed by atoms with Gasteiger partial charge in [-0.2, -0.15) is 0 Å². The number of nitrogens with zero attached hydrogens (tertiary/aromatic N) is 2. The third-order valence-corrected chi connectivity index (χ3v) is 16.2. The summed E-state index contributed by atoms with van der Waals surface area (Å²) in [6.45, 7) is 4.77. The van der Waals surface area contributed by atoms with E-state index in [1.54, 1.807) is 0 Å². The number of benzene rings is 11. The van der Waals surface area contributed by atoms with E-state index < -0.39 is 5.41 Å². The summed E-state index contributed by atoms with van der Waals surface area (Å²) in [4.78, 5) is 2.54. The number of fused-ring (bicyclic) bond motifs is 18. The van der Waals surface area contributed by atoms with Crippen LogP contribution in [-0.2, 0) is 10.8 Å². The van der Waals surface area contributed by atoms with E-state index in [-0.39, 0.29) is 5.41 Å². The molecule has 0 amide bonds. The molecule has 1 spiro atoms. The summed E-state index contributed by atoms with van der Waals surface area (Å²) in [7, 11) is 0. The molecule has 2 heteroatoms. The third-order valence-electron chi connectivity index (χ3n) is 16.2. The monoisotopic (exact) mass is 890 g/mol. The second-order valence-electron chi connectivity index (χ2n) is 20.0. The molecule has 3 aliphatic rings. The maximum Gasteiger partial charge on any atom is 0.0726 e. The smallest absolute Gasteiger partial charge is 0.0726 e. The number of hydrogen-bond donors (Lipinski definition) is 0. The van der Waals surface area contributed by atoms with E-state index in [9.17, 15) is 0 Å². The minimum Gasteiger partial charge on any atom is -0.310 e. The Hall–Kier alpha value is -8.72. The first kappa shape index (κ1) is 39.3. The van der Waals surface area contributed by atoms with Crippen molar-refractivity contribution >= 4 is 49.6 Å². The Morgan fingerprint density at radius 2 is 0.929 bits per heavy atom. The minimum atomic E-state index is -0.489. The Morgan fingerprint density at radius 1 is 0.343 bits per heavy atom. The zero-order valence-electron chi connectivity index (χ0n) is 39.0. The summed E-state index contributed by atoms with van der Waals surface area (Å²) in [5.74, 6) is 0. The molecular formula is C68H46N2. The molecule has 0 saturated carbocycles. The van der Waals surface area contributed by atoms with Gasteiger partial charge in [0.05, 0.1) is 22.1 Å². The fourth-order valence-corrected chi connectivity index (χ4v) is 13.2. The van der Waals surface area contributed by atoms with E-state index in [1.165, 1.54) is 122 Å². The van der Waals surface area contributed by atoms with Gasteiger partial charge in [0, 0.05) is 38.8 Å². The maximum atomic E-state index is 2.54. The molecule has 1 aromatic heterocycles. The van der Waals surface area contributed by atoms with E-state index in [1.807, 2.05) is 0 Å². The van der Waals surface area contributed by atoms with Crippen molar-refractivity contribution in [3.05, 3.63) is 276 Å². The first-order valence-corrected chi connectivity index (χ1v) is 24.6. The second kappa shape index (κ2) is 14.4. The van der Waals surface area contributed by atoms with Crippen molar-refractivity contribution in [2.75, 3.05) is 4.90 Å². The average molecular weight is 891 g/mol. The molecule has 1 atom stereocenters. The zero-order chi connectivity index (χ0) is 46.3. The molecule has 11 aromatic carbocycles. The van der Waals surface area contributed by atoms with Gasteiger partial charge in [-0.15, -0.1) is 0 Å². The first-order chi connectivity index (χ1) is 34.5. The molecule has 70 heavy (non-hydrogen) atoms. The topological polar surface area (TPSA) is 8.17 Å². The zero-order valence-corrected chi connectivity index (χ0v) is 39.0. The fourth-order valence-electron chi connectivity index (χ4n) is 13.2. The van der Waals surface area contributed by atoms with E-state index in [4.69, 9.17) is 0 Å². The number of para-hydroxylation sites is 2. The van der Waals surface area contributed by atoms with Crippen LogP contribution in [-0.4, -0.2) is 4.57 Å². The second-order valence-corrected chi connectivity index (χ2v) is 20.0. The van der Waals surface area contributed by atoms with Crippen molar-refractivity contribution in [2.24, 2.45) is 0 Å². The molecule has 0 fully saturated rings. The van der Waals surface area contributed by atoms with E-state index in [2.05, 4.69) is 266 Å². The Bertz CT molecular complexity index is 4150. The van der Waals surface area contributed by atoms with Gasteiger partial charge in [0.2, 0.25) is 0 Å². The van der Waals surface area contributed by atoms with Gasteiger partial charge >= 0.3 is 0 Å². The molecule has 2 nitrogen and oxygen atoms in total. The molecule has 0 aliphatic heterocycles. The summed E-state index contributed by atoms with van der Waals surface area (Å²) in [6, 6.07) is 91.0. The van der Waals surface area contributed by atoms with Gasteiger partial charge in [-0.25, -0.2) is 0 Å². The van der Waals surface area contributed by atoms with Crippen molar-refractivity contribution in [1.82, 2.24) is 4.57 Å². The van der Waals surface area contributed by atoms with Crippen molar-refractivity contribution in [3.8, 4) is 50.2 Å². The molecule has 1 heterocycles. The van der Waals surface area contributed by atoms with Crippen LogP contribution in [0, 0.1) is 0 Å². The fraction of sp³-hybridized carbons (Fsp3) is 0.0588. The lowest BCUT2D eigenvalue weighted by Gasteiger charge is -2.32. The van der Waals surface area contributed by atoms with Crippen LogP contribution in [0.25, 0.3) is 82.8 Å². The molecule has 0 N–H and O–H groups in total. The largest absolute Gasteiger partial charge is 0.310 e. The molecule has 0 radical (unpaired) electrons. The van der Waals surface area contributed by atoms with Crippen LogP contribution in [0.4, 0.5) is 17.1 Å². The lowest BCUT2D eigenvalue weighted by molar-refractivity contribution is 0.660. The van der Waals surface area contributed by atoms with E-state index in [0.29, 0.717) is 0 Å². The highest BCUT2D eigenvalue weighted by atomic mass is 15.1. The SMILES string of the molecule is CC1(C)c2ccccc2-c2ccc(N(c3ccc(-c4ccc5c(c4)c4ccccc4n5-c4ccccc4)cc3)c3cccc4c3-c3ccccc3C43c4ccccc4-c4c3ccc3ccccc43)cc21. The Labute approximate surface area is 408 Å². The van der Waals surface area contributed by atoms with Crippen molar-refractivity contribution in [2.45, 2.75) is 24.7 Å². The Kier molecular flexibility index (Phi) is 8.08. The van der Waals surface area contributed by atoms with E-state index >= 15 is 0 Å². The normalized spacial score (nSPS) is 15.5. The molecule has 328 valence electrons. The van der Waals surface area contributed by atoms with Gasteiger partial charge in [-0.1, -0.05) is 196 Å². The van der Waals surface area contributed by atoms with E-state index in [0.717, 1.165) is 11.4 Å². The van der Waals surface area contributed by atoms with Crippen molar-refractivity contribution < 1.29 is 0 Å². The van der Waals surface area contributed by atoms with Crippen LogP contribution in [0.3, 0.4) is 0 Å². The Balaban J connectivity index is 0.945. The highest BCUT2D eigenvalue weighted by molar-refractivity contribution is 6.11. The summed E-state index contributed by atoms with van der Waals surface area (Å²) < 4.78 is 2.39. The van der Waals surface area contributed by atoms with Crippen LogP contribution in [0.5, 0.6) is 0 Å². The van der Waals surface area contributed by atoms with Crippen LogP contribution < -0.4 is 4.90 Å². The highest BCUT2D eigenvalue weighted by Crippen LogP contribution is 2.65. The minimum absolute atomic E-state index is 0.158. The molecule has 0 saturated heterocycles. The predicted molar refractivity (Wildman–Crippen MR) is 292 cm³/mol. The van der Waals surface area contributed by atoms with Crippen molar-refractivity contribution in [3.63, 3.8) is 0 Å². The average Bonchev–Trinajstić information content (AvgIpc) is 4.09. The van der Waals surface area contributed by atoms with Gasteiger partial charge in [0.1, 0.15) is 0 Å². The first-order valence-electron chi connectivity index (χ1n) is 24.6. The summed E-state index contributed by atoms with van der Waals surface area (Å²) >= 11 is 0. The number of anilines is 3. The molecule has 1 unspecified atom stereocenters. The van der Waals surface area contributed by atoms with Crippen LogP contribution >= 0.6 is 0 Å². The van der Waals surface area contributed by atoms with Gasteiger partial charge in [0.15, 0.2) is 0 Å². The van der Waals surface area contributed by atoms with Crippen LogP contribution in [0.2, 0.25) is 0 Å². The quantitative estimate of drug-likeness (QED) is 0.167. The molecule has 0 bridgehead atoms. The molecule has 15 rings (SSSR count). The third kappa shape index (κ3) is 5.17. The van der Waals surface area contributed by atoms with Gasteiger partial charge in [0.25, 0.3) is 0 Å². The number of rotatable bonds is 5. The van der Waals surface area contributed by atoms with Crippen molar-refractivity contribution in [1.29, 1.82) is 0 Å². The van der Waals surface area contributed by atoms with Crippen LogP contribution in [0.1, 0.15) is 47.2 Å². The molecular weight excluding hydrogens is 845 g/mol. The predicted octanol–water partition coefficient (Wildman–Crippen LogP) is 17.7.